The number of likely N-dealkylation sites (N-methyl/N-ethyl adjacent to an activating group) is 1. The maximum Gasteiger partial charge on any atom is 0.222 e. The molecular formula is C21H29F2N3O. The number of aryl methyl sites for hydroxylation is 1. The van der Waals surface area contributed by atoms with Crippen molar-refractivity contribution in [1.29, 1.82) is 0 Å². The van der Waals surface area contributed by atoms with Gasteiger partial charge in [0.1, 0.15) is 0 Å². The summed E-state index contributed by atoms with van der Waals surface area (Å²) in [4.78, 5) is 18.8. The highest BCUT2D eigenvalue weighted by Gasteiger charge is 2.42. The average molecular weight is 377 g/mol. The Kier molecular flexibility index (Phi) is 5.96. The van der Waals surface area contributed by atoms with Gasteiger partial charge in [-0.2, -0.15) is 0 Å². The Hall–Kier alpha value is -1.79. The number of amides is 1. The van der Waals surface area contributed by atoms with Gasteiger partial charge in [0.15, 0.2) is 11.6 Å². The van der Waals surface area contributed by atoms with Gasteiger partial charge in [-0.3, -0.25) is 14.6 Å². The van der Waals surface area contributed by atoms with Crippen LogP contribution in [0.1, 0.15) is 30.4 Å². The van der Waals surface area contributed by atoms with E-state index in [4.69, 9.17) is 0 Å². The first-order valence-corrected chi connectivity index (χ1v) is 9.62. The lowest BCUT2D eigenvalue weighted by molar-refractivity contribution is -0.130. The highest BCUT2D eigenvalue weighted by Crippen LogP contribution is 2.33. The molecule has 1 aromatic carbocycles. The fourth-order valence-electron chi connectivity index (χ4n) is 4.31. The lowest BCUT2D eigenvalue weighted by Crippen LogP contribution is -2.60. The molecule has 2 saturated heterocycles. The Morgan fingerprint density at radius 1 is 1.19 bits per heavy atom. The third-order valence-corrected chi connectivity index (χ3v) is 6.18. The second-order valence-corrected chi connectivity index (χ2v) is 7.90. The Labute approximate surface area is 160 Å². The second kappa shape index (κ2) is 8.07. The van der Waals surface area contributed by atoms with E-state index in [1.165, 1.54) is 0 Å². The molecule has 6 heteroatoms. The fraction of sp³-hybridized carbons (Fsp3) is 0.571. The van der Waals surface area contributed by atoms with E-state index in [-0.39, 0.29) is 11.4 Å². The lowest BCUT2D eigenvalue weighted by atomic mass is 9.86. The molecule has 0 aromatic heterocycles. The van der Waals surface area contributed by atoms with E-state index in [9.17, 15) is 13.6 Å². The molecule has 0 aliphatic carbocycles. The van der Waals surface area contributed by atoms with Crippen LogP contribution in [-0.4, -0.2) is 65.9 Å². The van der Waals surface area contributed by atoms with Crippen LogP contribution in [-0.2, 0) is 11.3 Å². The summed E-state index contributed by atoms with van der Waals surface area (Å²) in [7, 11) is 2.11. The Morgan fingerprint density at radius 2 is 1.96 bits per heavy atom. The maximum absolute atomic E-state index is 14.3. The summed E-state index contributed by atoms with van der Waals surface area (Å²) < 4.78 is 28.2. The number of carbonyl (C=O) groups is 1. The molecule has 1 spiro atoms. The predicted molar refractivity (Wildman–Crippen MR) is 102 cm³/mol. The van der Waals surface area contributed by atoms with Crippen LogP contribution in [0.25, 0.3) is 0 Å². The largest absolute Gasteiger partial charge is 0.339 e. The summed E-state index contributed by atoms with van der Waals surface area (Å²) in [5.74, 6) is -1.32. The zero-order valence-corrected chi connectivity index (χ0v) is 16.3. The Balaban J connectivity index is 1.75. The monoisotopic (exact) mass is 377 g/mol. The minimum Gasteiger partial charge on any atom is -0.339 e. The van der Waals surface area contributed by atoms with Crippen LogP contribution in [0.15, 0.2) is 24.8 Å². The van der Waals surface area contributed by atoms with Crippen molar-refractivity contribution in [3.63, 3.8) is 0 Å². The van der Waals surface area contributed by atoms with Gasteiger partial charge in [-0.05, 0) is 32.4 Å². The maximum atomic E-state index is 14.3. The van der Waals surface area contributed by atoms with Gasteiger partial charge < -0.3 is 4.90 Å². The molecule has 0 bridgehead atoms. The van der Waals surface area contributed by atoms with Gasteiger partial charge in [-0.1, -0.05) is 18.2 Å². The summed E-state index contributed by atoms with van der Waals surface area (Å²) in [6.07, 6.45) is 3.95. The number of halogens is 2. The molecule has 1 aromatic rings. The zero-order valence-electron chi connectivity index (χ0n) is 16.3. The molecule has 4 nitrogen and oxygen atoms in total. The molecule has 27 heavy (non-hydrogen) atoms. The van der Waals surface area contributed by atoms with Crippen molar-refractivity contribution >= 4 is 5.91 Å². The van der Waals surface area contributed by atoms with Crippen molar-refractivity contribution in [1.82, 2.24) is 14.7 Å². The molecule has 0 saturated carbocycles. The number of benzene rings is 1. The third kappa shape index (κ3) is 4.06. The van der Waals surface area contributed by atoms with E-state index in [0.29, 0.717) is 37.2 Å². The van der Waals surface area contributed by atoms with Crippen molar-refractivity contribution in [2.24, 2.45) is 0 Å². The van der Waals surface area contributed by atoms with E-state index in [2.05, 4.69) is 23.4 Å². The summed E-state index contributed by atoms with van der Waals surface area (Å²) in [5, 5.41) is 0. The quantitative estimate of drug-likeness (QED) is 0.755. The fourth-order valence-corrected chi connectivity index (χ4v) is 4.31. The second-order valence-electron chi connectivity index (χ2n) is 7.90. The first-order valence-electron chi connectivity index (χ1n) is 9.62. The molecule has 2 heterocycles. The molecule has 3 rings (SSSR count). The van der Waals surface area contributed by atoms with Crippen LogP contribution in [0.4, 0.5) is 8.78 Å². The third-order valence-electron chi connectivity index (χ3n) is 6.18. The number of piperazine rings is 1. The van der Waals surface area contributed by atoms with Gasteiger partial charge >= 0.3 is 0 Å². The van der Waals surface area contributed by atoms with Gasteiger partial charge in [0.2, 0.25) is 5.91 Å². The Bertz CT molecular complexity index is 724. The van der Waals surface area contributed by atoms with E-state index in [0.717, 1.165) is 32.5 Å². The van der Waals surface area contributed by atoms with Crippen LogP contribution < -0.4 is 0 Å². The van der Waals surface area contributed by atoms with Crippen LogP contribution in [0, 0.1) is 18.6 Å². The number of likely N-dealkylation sites (tertiary alicyclic amines) is 1. The van der Waals surface area contributed by atoms with Gasteiger partial charge in [-0.15, -0.1) is 6.58 Å². The average Bonchev–Trinajstić information content (AvgIpc) is 2.80. The van der Waals surface area contributed by atoms with Crippen molar-refractivity contribution in [2.75, 3.05) is 39.8 Å². The van der Waals surface area contributed by atoms with Gasteiger partial charge in [0.25, 0.3) is 0 Å². The Morgan fingerprint density at radius 3 is 2.70 bits per heavy atom. The van der Waals surface area contributed by atoms with E-state index < -0.39 is 11.6 Å². The SMILES string of the molecule is C=CCN1CC[C@@]2(CCC1=O)CN(Cc1ccc(C)c(F)c1F)CCN2C. The first kappa shape index (κ1) is 20.0. The number of hydrogen-bond acceptors (Lipinski definition) is 3. The van der Waals surface area contributed by atoms with Crippen LogP contribution in [0.5, 0.6) is 0 Å². The topological polar surface area (TPSA) is 26.8 Å². The van der Waals surface area contributed by atoms with Crippen LogP contribution in [0.3, 0.4) is 0 Å². The zero-order chi connectivity index (χ0) is 19.6. The highest BCUT2D eigenvalue weighted by molar-refractivity contribution is 5.76. The summed E-state index contributed by atoms with van der Waals surface area (Å²) >= 11 is 0. The molecule has 0 unspecified atom stereocenters. The molecule has 1 amide bonds. The molecule has 2 aliphatic heterocycles. The normalized spacial score (nSPS) is 25.0. The van der Waals surface area contributed by atoms with Crippen LogP contribution in [0.2, 0.25) is 0 Å². The van der Waals surface area contributed by atoms with Crippen molar-refractivity contribution in [3.05, 3.63) is 47.5 Å². The highest BCUT2D eigenvalue weighted by atomic mass is 19.2. The molecule has 2 fully saturated rings. The van der Waals surface area contributed by atoms with Crippen molar-refractivity contribution in [3.8, 4) is 0 Å². The van der Waals surface area contributed by atoms with Gasteiger partial charge in [0.05, 0.1) is 0 Å². The standard InChI is InChI=1S/C21H29F2N3O/c1-4-10-26-11-9-21(8-7-18(26)27)15-25(13-12-24(21)3)14-17-6-5-16(2)19(22)20(17)23/h4-6H,1,7-15H2,2-3H3/t21-/m0/s1. The summed E-state index contributed by atoms with van der Waals surface area (Å²) in [5.41, 5.74) is 0.621. The van der Waals surface area contributed by atoms with Crippen molar-refractivity contribution < 1.29 is 13.6 Å². The lowest BCUT2D eigenvalue weighted by Gasteiger charge is -2.49. The molecule has 0 N–H and O–H groups in total. The van der Waals surface area contributed by atoms with E-state index >= 15 is 0 Å². The van der Waals surface area contributed by atoms with Gasteiger partial charge in [0, 0.05) is 56.8 Å². The molecular weight excluding hydrogens is 348 g/mol. The number of carbonyl (C=O) groups excluding carboxylic acids is 1. The number of nitrogens with zero attached hydrogens (tertiary/aromatic N) is 3. The molecule has 2 aliphatic rings. The summed E-state index contributed by atoms with van der Waals surface area (Å²) in [6.45, 7) is 9.40. The molecule has 148 valence electrons. The predicted octanol–water partition coefficient (Wildman–Crippen LogP) is 2.96. The van der Waals surface area contributed by atoms with E-state index in [1.807, 2.05) is 4.90 Å². The summed E-state index contributed by atoms with van der Waals surface area (Å²) in [6, 6.07) is 3.32. The van der Waals surface area contributed by atoms with E-state index in [1.54, 1.807) is 25.1 Å². The molecule has 0 radical (unpaired) electrons. The number of hydrogen-bond donors (Lipinski definition) is 0. The first-order chi connectivity index (χ1) is 12.9. The van der Waals surface area contributed by atoms with Crippen LogP contribution >= 0.6 is 0 Å². The number of rotatable bonds is 4. The van der Waals surface area contributed by atoms with Gasteiger partial charge in [-0.25, -0.2) is 8.78 Å². The minimum absolute atomic E-state index is 0.108. The smallest absolute Gasteiger partial charge is 0.222 e. The molecule has 1 atom stereocenters. The van der Waals surface area contributed by atoms with Crippen molar-refractivity contribution in [2.45, 2.75) is 38.3 Å². The minimum atomic E-state index is -0.753.